The molecule has 0 aromatic carbocycles. The largest absolute Gasteiger partial charge is 0.462 e. The summed E-state index contributed by atoms with van der Waals surface area (Å²) in [6.45, 7) is 7.16. The van der Waals surface area contributed by atoms with Crippen molar-refractivity contribution in [2.45, 2.75) is 104 Å². The molecule has 35 heavy (non-hydrogen) atoms. The Morgan fingerprint density at radius 2 is 1.83 bits per heavy atom. The summed E-state index contributed by atoms with van der Waals surface area (Å²) in [6, 6.07) is 0. The van der Waals surface area contributed by atoms with Crippen LogP contribution in [-0.2, 0) is 28.7 Å². The van der Waals surface area contributed by atoms with Crippen LogP contribution in [0.1, 0.15) is 91.9 Å². The molecule has 7 nitrogen and oxygen atoms in total. The molecule has 0 amide bonds. The molecule has 0 radical (unpaired) electrons. The maximum absolute atomic E-state index is 13.3. The van der Waals surface area contributed by atoms with E-state index >= 15 is 0 Å². The third kappa shape index (κ3) is 3.98. The number of esters is 2. The maximum atomic E-state index is 13.3. The zero-order valence-corrected chi connectivity index (χ0v) is 21.6. The normalized spacial score (nSPS) is 40.1. The average Bonchev–Trinajstić information content (AvgIpc) is 3.11. The minimum absolute atomic E-state index is 0.0375. The monoisotopic (exact) mass is 488 g/mol. The average molecular weight is 489 g/mol. The molecule has 7 atom stereocenters. The summed E-state index contributed by atoms with van der Waals surface area (Å²) in [7, 11) is 0. The van der Waals surface area contributed by atoms with E-state index in [2.05, 4.69) is 6.92 Å². The van der Waals surface area contributed by atoms with E-state index in [1.807, 2.05) is 19.9 Å². The highest BCUT2D eigenvalue weighted by atomic mass is 16.6. The Hall–Kier alpha value is -2.02. The number of ketones is 2. The second kappa shape index (κ2) is 9.45. The molecule has 1 N–H and O–H groups in total. The van der Waals surface area contributed by atoms with Gasteiger partial charge < -0.3 is 14.6 Å². The molecule has 4 rings (SSSR count). The third-order valence-corrected chi connectivity index (χ3v) is 9.90. The van der Waals surface area contributed by atoms with Crippen molar-refractivity contribution in [1.82, 2.24) is 0 Å². The number of Topliss-reactive ketones (excluding diaryl/α,β-unsaturated/α-hetero) is 1. The number of hydrogen-bond acceptors (Lipinski definition) is 7. The topological polar surface area (TPSA) is 107 Å². The van der Waals surface area contributed by atoms with Crippen molar-refractivity contribution < 1.29 is 33.8 Å². The summed E-state index contributed by atoms with van der Waals surface area (Å²) in [5.41, 5.74) is -1.26. The van der Waals surface area contributed by atoms with Gasteiger partial charge in [-0.3, -0.25) is 19.2 Å². The van der Waals surface area contributed by atoms with Crippen LogP contribution in [0.4, 0.5) is 0 Å². The van der Waals surface area contributed by atoms with E-state index in [0.717, 1.165) is 24.8 Å². The minimum atomic E-state index is -1.42. The number of fused-ring (bicyclic) bond motifs is 5. The summed E-state index contributed by atoms with van der Waals surface area (Å²) < 4.78 is 12.1. The molecular formula is C28H40O7. The lowest BCUT2D eigenvalue weighted by Crippen LogP contribution is -2.63. The van der Waals surface area contributed by atoms with Gasteiger partial charge in [-0.1, -0.05) is 33.3 Å². The van der Waals surface area contributed by atoms with Crippen LogP contribution >= 0.6 is 0 Å². The van der Waals surface area contributed by atoms with E-state index < -0.39 is 35.5 Å². The standard InChI is InChI=1S/C28H40O7/c1-5-7-24(33)35-28(22(31)16-29)13-11-20-19-9-8-17-14-18(30)10-12-26(17,3)25(19)21(15-27(20,28)4)34-23(32)6-2/h14,19-21,25,29H,5-13,15-16H2,1-4H3/t19-,20-,21-,25+,26-,27-,28-/m0/s1. The maximum Gasteiger partial charge on any atom is 0.306 e. The van der Waals surface area contributed by atoms with Gasteiger partial charge >= 0.3 is 11.9 Å². The summed E-state index contributed by atoms with van der Waals surface area (Å²) in [6.07, 6.45) is 6.77. The van der Waals surface area contributed by atoms with E-state index in [-0.39, 0.29) is 47.8 Å². The van der Waals surface area contributed by atoms with Crippen molar-refractivity contribution in [3.8, 4) is 0 Å². The number of aliphatic hydroxyl groups excluding tert-OH is 1. The molecule has 0 aromatic rings. The van der Waals surface area contributed by atoms with Crippen molar-refractivity contribution in [2.75, 3.05) is 6.61 Å². The summed E-state index contributed by atoms with van der Waals surface area (Å²) in [5.74, 6) is -0.723. The van der Waals surface area contributed by atoms with Gasteiger partial charge in [0, 0.05) is 30.6 Å². The Morgan fingerprint density at radius 3 is 2.49 bits per heavy atom. The Balaban J connectivity index is 1.80. The lowest BCUT2D eigenvalue weighted by Gasteiger charge is -2.61. The second-order valence-electron chi connectivity index (χ2n) is 11.6. The Labute approximate surface area is 208 Å². The van der Waals surface area contributed by atoms with Gasteiger partial charge in [0.05, 0.1) is 0 Å². The fraction of sp³-hybridized carbons (Fsp3) is 0.786. The van der Waals surface area contributed by atoms with Crippen LogP contribution in [0.25, 0.3) is 0 Å². The minimum Gasteiger partial charge on any atom is -0.462 e. The molecule has 0 aliphatic heterocycles. The molecule has 7 heteroatoms. The van der Waals surface area contributed by atoms with Gasteiger partial charge in [0.2, 0.25) is 5.78 Å². The van der Waals surface area contributed by atoms with Crippen LogP contribution in [0.15, 0.2) is 11.6 Å². The lowest BCUT2D eigenvalue weighted by atomic mass is 9.45. The van der Waals surface area contributed by atoms with Crippen LogP contribution in [0, 0.1) is 28.6 Å². The zero-order valence-electron chi connectivity index (χ0n) is 21.6. The Bertz CT molecular complexity index is 938. The number of carbonyl (C=O) groups excluding carboxylic acids is 4. The van der Waals surface area contributed by atoms with Gasteiger partial charge in [0.15, 0.2) is 11.4 Å². The van der Waals surface area contributed by atoms with Crippen LogP contribution in [0.2, 0.25) is 0 Å². The van der Waals surface area contributed by atoms with E-state index in [1.165, 1.54) is 0 Å². The molecule has 3 saturated carbocycles. The quantitative estimate of drug-likeness (QED) is 0.538. The molecular weight excluding hydrogens is 448 g/mol. The first-order valence-corrected chi connectivity index (χ1v) is 13.4. The fourth-order valence-electron chi connectivity index (χ4n) is 8.26. The summed E-state index contributed by atoms with van der Waals surface area (Å²) >= 11 is 0. The lowest BCUT2D eigenvalue weighted by molar-refractivity contribution is -0.208. The molecule has 194 valence electrons. The van der Waals surface area contributed by atoms with E-state index in [9.17, 15) is 24.3 Å². The smallest absolute Gasteiger partial charge is 0.306 e. The van der Waals surface area contributed by atoms with Crippen LogP contribution in [-0.4, -0.2) is 46.9 Å². The van der Waals surface area contributed by atoms with Crippen LogP contribution in [0.5, 0.6) is 0 Å². The Kier molecular flexibility index (Phi) is 7.04. The number of hydrogen-bond donors (Lipinski definition) is 1. The number of ether oxygens (including phenoxy) is 2. The van der Waals surface area contributed by atoms with Gasteiger partial charge in [-0.25, -0.2) is 0 Å². The second-order valence-corrected chi connectivity index (χ2v) is 11.6. The highest BCUT2D eigenvalue weighted by molar-refractivity contribution is 5.92. The molecule has 0 unspecified atom stereocenters. The van der Waals surface area contributed by atoms with Crippen molar-refractivity contribution in [1.29, 1.82) is 0 Å². The molecule has 0 heterocycles. The van der Waals surface area contributed by atoms with Gasteiger partial charge in [0.1, 0.15) is 12.7 Å². The van der Waals surface area contributed by atoms with Crippen molar-refractivity contribution in [3.63, 3.8) is 0 Å². The number of allylic oxidation sites excluding steroid dienone is 1. The van der Waals surface area contributed by atoms with Crippen LogP contribution < -0.4 is 0 Å². The zero-order chi connectivity index (χ0) is 25.6. The van der Waals surface area contributed by atoms with Gasteiger partial charge in [-0.05, 0) is 68.3 Å². The highest BCUT2D eigenvalue weighted by Gasteiger charge is 2.71. The van der Waals surface area contributed by atoms with Crippen molar-refractivity contribution >= 4 is 23.5 Å². The summed E-state index contributed by atoms with van der Waals surface area (Å²) in [4.78, 5) is 50.9. The van der Waals surface area contributed by atoms with Gasteiger partial charge in [0.25, 0.3) is 0 Å². The predicted octanol–water partition coefficient (Wildman–Crippen LogP) is 4.09. The number of aliphatic hydroxyl groups is 1. The highest BCUT2D eigenvalue weighted by Crippen LogP contribution is 2.68. The molecule has 0 saturated heterocycles. The van der Waals surface area contributed by atoms with Gasteiger partial charge in [-0.15, -0.1) is 0 Å². The molecule has 0 aromatic heterocycles. The first kappa shape index (κ1) is 26.1. The van der Waals surface area contributed by atoms with Crippen molar-refractivity contribution in [2.24, 2.45) is 28.6 Å². The molecule has 0 spiro atoms. The van der Waals surface area contributed by atoms with E-state index in [4.69, 9.17) is 9.47 Å². The fourth-order valence-corrected chi connectivity index (χ4v) is 8.26. The molecule has 4 aliphatic carbocycles. The first-order chi connectivity index (χ1) is 16.6. The van der Waals surface area contributed by atoms with Gasteiger partial charge in [-0.2, -0.15) is 0 Å². The number of carbonyl (C=O) groups is 4. The van der Waals surface area contributed by atoms with Crippen molar-refractivity contribution in [3.05, 3.63) is 11.6 Å². The van der Waals surface area contributed by atoms with Crippen LogP contribution in [0.3, 0.4) is 0 Å². The van der Waals surface area contributed by atoms with E-state index in [0.29, 0.717) is 32.1 Å². The van der Waals surface area contributed by atoms with E-state index in [1.54, 1.807) is 6.92 Å². The third-order valence-electron chi connectivity index (χ3n) is 9.90. The molecule has 3 fully saturated rings. The summed E-state index contributed by atoms with van der Waals surface area (Å²) in [5, 5.41) is 9.94. The predicted molar refractivity (Wildman–Crippen MR) is 128 cm³/mol. The first-order valence-electron chi connectivity index (χ1n) is 13.4. The Morgan fingerprint density at radius 1 is 1.09 bits per heavy atom. The SMILES string of the molecule is CCCC(=O)O[C@]1(C(=O)CO)CC[C@H]2[C@@H]3CCC4=CC(=O)CC[C@]4(C)[C@H]3[C@@H](OC(=O)CC)C[C@@]21C. The number of rotatable bonds is 7. The molecule has 4 aliphatic rings. The molecule has 0 bridgehead atoms.